The van der Waals surface area contributed by atoms with Crippen molar-refractivity contribution in [3.8, 4) is 17.9 Å². The molecule has 0 unspecified atom stereocenters. The van der Waals surface area contributed by atoms with Crippen LogP contribution in [-0.2, 0) is 11.2 Å². The first-order valence-corrected chi connectivity index (χ1v) is 13.1. The maximum absolute atomic E-state index is 12.4. The van der Waals surface area contributed by atoms with E-state index in [9.17, 15) is 4.79 Å². The minimum atomic E-state index is -0.0877. The number of aromatic nitrogens is 3. The predicted molar refractivity (Wildman–Crippen MR) is 141 cm³/mol. The Balaban J connectivity index is 1.43. The minimum absolute atomic E-state index is 0.0877. The number of hydrogen-bond acceptors (Lipinski definition) is 10. The molecule has 0 aromatic carbocycles. The second-order valence-corrected chi connectivity index (χ2v) is 10.6. The van der Waals surface area contributed by atoms with Crippen LogP contribution in [0.5, 0.6) is 0 Å². The van der Waals surface area contributed by atoms with Crippen molar-refractivity contribution >= 4 is 34.0 Å². The van der Waals surface area contributed by atoms with Gasteiger partial charge in [-0.1, -0.05) is 17.3 Å². The lowest BCUT2D eigenvalue weighted by molar-refractivity contribution is -0.126. The largest absolute Gasteiger partial charge is 0.354 e. The van der Waals surface area contributed by atoms with Gasteiger partial charge in [-0.25, -0.2) is 15.0 Å². The lowest BCUT2D eigenvalue weighted by atomic mass is 9.93. The first-order chi connectivity index (χ1) is 17.4. The number of nitrogens with zero attached hydrogens (tertiary/aromatic N) is 8. The molecule has 36 heavy (non-hydrogen) atoms. The summed E-state index contributed by atoms with van der Waals surface area (Å²) in [5.74, 6) is 8.41. The van der Waals surface area contributed by atoms with Gasteiger partial charge >= 0.3 is 0 Å². The van der Waals surface area contributed by atoms with Crippen LogP contribution >= 0.6 is 11.3 Å². The minimum Gasteiger partial charge on any atom is -0.354 e. The zero-order valence-electron chi connectivity index (χ0n) is 21.2. The van der Waals surface area contributed by atoms with Gasteiger partial charge in [0.05, 0.1) is 12.7 Å². The Labute approximate surface area is 216 Å². The monoisotopic (exact) mass is 507 g/mol. The molecule has 0 spiro atoms. The van der Waals surface area contributed by atoms with Crippen molar-refractivity contribution in [3.63, 3.8) is 0 Å². The van der Waals surface area contributed by atoms with Crippen LogP contribution in [0.15, 0.2) is 12.3 Å². The van der Waals surface area contributed by atoms with Gasteiger partial charge in [-0.05, 0) is 45.8 Å². The fraction of sp³-hybridized carbons (Fsp3) is 0.560. The number of anilines is 3. The number of thiazole rings is 1. The number of likely N-dealkylation sites (N-methyl/N-ethyl adjacent to an activating group) is 1. The van der Waals surface area contributed by atoms with Gasteiger partial charge in [-0.3, -0.25) is 9.69 Å². The molecule has 2 aromatic rings. The third-order valence-corrected chi connectivity index (χ3v) is 7.22. The summed E-state index contributed by atoms with van der Waals surface area (Å²) in [6.07, 6.45) is 4.14. The molecule has 2 aromatic heterocycles. The number of rotatable bonds is 6. The highest BCUT2D eigenvalue weighted by Crippen LogP contribution is 2.26. The Bertz CT molecular complexity index is 1150. The van der Waals surface area contributed by atoms with Gasteiger partial charge in [0.25, 0.3) is 5.91 Å². The van der Waals surface area contributed by atoms with Crippen molar-refractivity contribution < 1.29 is 4.79 Å². The zero-order valence-corrected chi connectivity index (χ0v) is 22.0. The van der Waals surface area contributed by atoms with E-state index >= 15 is 0 Å². The van der Waals surface area contributed by atoms with Crippen molar-refractivity contribution in [1.82, 2.24) is 29.7 Å². The number of piperazine rings is 1. The second-order valence-electron chi connectivity index (χ2n) is 9.56. The molecular formula is C25H33N9OS. The SMILES string of the molecule is CN(C)CC#CC(=O)N1CCC(Cc2nc(Nc3ncc(C#N)s3)cc(N3CCN(C)CC3)n2)CC1. The van der Waals surface area contributed by atoms with Crippen LogP contribution < -0.4 is 10.2 Å². The highest BCUT2D eigenvalue weighted by molar-refractivity contribution is 7.16. The quantitative estimate of drug-likeness (QED) is 0.584. The van der Waals surface area contributed by atoms with Crippen LogP contribution in [-0.4, -0.2) is 103 Å². The Morgan fingerprint density at radius 3 is 2.61 bits per heavy atom. The van der Waals surface area contributed by atoms with Crippen molar-refractivity contribution in [3.05, 3.63) is 23.0 Å². The summed E-state index contributed by atoms with van der Waals surface area (Å²) >= 11 is 1.31. The average Bonchev–Trinajstić information content (AvgIpc) is 3.32. The molecule has 11 heteroatoms. The molecule has 1 N–H and O–H groups in total. The summed E-state index contributed by atoms with van der Waals surface area (Å²) in [6, 6.07) is 4.09. The van der Waals surface area contributed by atoms with E-state index in [4.69, 9.17) is 15.2 Å². The Kier molecular flexibility index (Phi) is 8.70. The summed E-state index contributed by atoms with van der Waals surface area (Å²) < 4.78 is 0. The highest BCUT2D eigenvalue weighted by Gasteiger charge is 2.24. The molecule has 190 valence electrons. The lowest BCUT2D eigenvalue weighted by Gasteiger charge is -2.34. The third-order valence-electron chi connectivity index (χ3n) is 6.40. The summed E-state index contributed by atoms with van der Waals surface area (Å²) in [7, 11) is 6.01. The maximum Gasteiger partial charge on any atom is 0.298 e. The summed E-state index contributed by atoms with van der Waals surface area (Å²) in [4.78, 5) is 35.4. The molecule has 4 rings (SSSR count). The van der Waals surface area contributed by atoms with Gasteiger partial charge < -0.3 is 20.0 Å². The Morgan fingerprint density at radius 2 is 1.94 bits per heavy atom. The molecule has 2 aliphatic rings. The number of nitrogens with one attached hydrogen (secondary N) is 1. The molecule has 0 saturated carbocycles. The fourth-order valence-corrected chi connectivity index (χ4v) is 4.90. The number of carbonyl (C=O) groups is 1. The van der Waals surface area contributed by atoms with Crippen molar-refractivity contribution in [1.29, 1.82) is 5.26 Å². The third kappa shape index (κ3) is 7.14. The van der Waals surface area contributed by atoms with E-state index in [-0.39, 0.29) is 5.91 Å². The van der Waals surface area contributed by atoms with Crippen molar-refractivity contribution in [2.45, 2.75) is 19.3 Å². The van der Waals surface area contributed by atoms with Crippen molar-refractivity contribution in [2.75, 3.05) is 77.2 Å². The number of nitriles is 1. The normalized spacial score (nSPS) is 17.0. The van der Waals surface area contributed by atoms with E-state index in [1.807, 2.05) is 30.0 Å². The van der Waals surface area contributed by atoms with E-state index in [1.54, 1.807) is 6.20 Å². The molecule has 2 fully saturated rings. The van der Waals surface area contributed by atoms with Gasteiger partial charge in [-0.15, -0.1) is 0 Å². The smallest absolute Gasteiger partial charge is 0.298 e. The molecule has 2 saturated heterocycles. The topological polar surface area (TPSA) is 105 Å². The standard InChI is InChI=1S/C25H33N9OS/c1-31(2)8-4-5-24(35)34-9-6-19(7-10-34)15-21-28-22(30-25-27-18-20(17-26)36-25)16-23(29-21)33-13-11-32(3)12-14-33/h16,18-19H,6-15H2,1-3H3,(H,27,28,29,30). The van der Waals surface area contributed by atoms with E-state index in [2.05, 4.69) is 45.1 Å². The lowest BCUT2D eigenvalue weighted by Crippen LogP contribution is -2.45. The summed E-state index contributed by atoms with van der Waals surface area (Å²) in [5.41, 5.74) is 0. The second kappa shape index (κ2) is 12.1. The van der Waals surface area contributed by atoms with Crippen LogP contribution in [0.3, 0.4) is 0 Å². The van der Waals surface area contributed by atoms with Gasteiger partial charge in [0.2, 0.25) is 0 Å². The molecule has 0 aliphatic carbocycles. The Morgan fingerprint density at radius 1 is 1.19 bits per heavy atom. The van der Waals surface area contributed by atoms with E-state index in [1.165, 1.54) is 11.3 Å². The molecule has 2 aliphatic heterocycles. The van der Waals surface area contributed by atoms with Gasteiger partial charge in [0.1, 0.15) is 28.4 Å². The van der Waals surface area contributed by atoms with E-state index in [0.717, 1.165) is 57.1 Å². The van der Waals surface area contributed by atoms with Crippen LogP contribution in [0, 0.1) is 29.1 Å². The number of carbonyl (C=O) groups excluding carboxylic acids is 1. The first kappa shape index (κ1) is 25.8. The highest BCUT2D eigenvalue weighted by atomic mass is 32.1. The average molecular weight is 508 g/mol. The van der Waals surface area contributed by atoms with Crippen LogP contribution in [0.4, 0.5) is 16.8 Å². The Hall–Kier alpha value is -3.25. The van der Waals surface area contributed by atoms with E-state index < -0.39 is 0 Å². The molecule has 1 amide bonds. The summed E-state index contributed by atoms with van der Waals surface area (Å²) in [6.45, 7) is 5.81. The zero-order chi connectivity index (χ0) is 25.5. The van der Waals surface area contributed by atoms with E-state index in [0.29, 0.717) is 41.4 Å². The first-order valence-electron chi connectivity index (χ1n) is 12.3. The summed E-state index contributed by atoms with van der Waals surface area (Å²) in [5, 5.41) is 13.0. The molecule has 10 nitrogen and oxygen atoms in total. The molecule has 4 heterocycles. The molecule has 0 radical (unpaired) electrons. The number of hydrogen-bond donors (Lipinski definition) is 1. The van der Waals surface area contributed by atoms with Crippen LogP contribution in [0.1, 0.15) is 23.5 Å². The molecule has 0 bridgehead atoms. The maximum atomic E-state index is 12.4. The molecular weight excluding hydrogens is 474 g/mol. The van der Waals surface area contributed by atoms with Gasteiger partial charge in [0.15, 0.2) is 5.13 Å². The van der Waals surface area contributed by atoms with Crippen LogP contribution in [0.25, 0.3) is 0 Å². The van der Waals surface area contributed by atoms with Crippen molar-refractivity contribution in [2.24, 2.45) is 5.92 Å². The number of amides is 1. The number of piperidine rings is 1. The van der Waals surface area contributed by atoms with Gasteiger partial charge in [-0.2, -0.15) is 5.26 Å². The van der Waals surface area contributed by atoms with Crippen LogP contribution in [0.2, 0.25) is 0 Å². The molecule has 0 atom stereocenters. The van der Waals surface area contributed by atoms with Gasteiger partial charge in [0, 0.05) is 51.8 Å². The number of likely N-dealkylation sites (tertiary alicyclic amines) is 1. The predicted octanol–water partition coefficient (Wildman–Crippen LogP) is 1.65. The fourth-order valence-electron chi connectivity index (χ4n) is 4.28.